The Balaban J connectivity index is 0. The number of hydrogen-bond donors (Lipinski definition) is 6. The Kier molecular flexibility index (Phi) is 14.2. The number of hydrogen-bond acceptors (Lipinski definition) is 8. The van der Waals surface area contributed by atoms with Crippen molar-refractivity contribution in [3.8, 4) is 0 Å². The molecule has 0 spiro atoms. The van der Waals surface area contributed by atoms with Crippen molar-refractivity contribution in [2.24, 2.45) is 17.2 Å². The Bertz CT molecular complexity index is 329. The number of esters is 1. The molecule has 124 valence electrons. The van der Waals surface area contributed by atoms with E-state index < -0.39 is 36.6 Å². The first kappa shape index (κ1) is 21.9. The van der Waals surface area contributed by atoms with Gasteiger partial charge in [-0.05, 0) is 19.4 Å². The standard InChI is InChI=1S/C6H14N2O2.C5H9NO4S/c7-4-2-1-3-5(8)6(9)10;6-3(2-11)5(9)10-1-4(7)8/h5H,1-4,7-8H2,(H,9,10);3,11H,1-2,6H2,(H,7,8)/t5-;3-/m00/s1. The summed E-state index contributed by atoms with van der Waals surface area (Å²) >= 11 is 3.73. The van der Waals surface area contributed by atoms with Crippen molar-refractivity contribution in [1.29, 1.82) is 0 Å². The Labute approximate surface area is 128 Å². The predicted molar refractivity (Wildman–Crippen MR) is 78.9 cm³/mol. The van der Waals surface area contributed by atoms with Gasteiger partial charge in [0.15, 0.2) is 6.61 Å². The van der Waals surface area contributed by atoms with Crippen LogP contribution >= 0.6 is 12.6 Å². The number of rotatable bonds is 9. The van der Waals surface area contributed by atoms with E-state index in [0.717, 1.165) is 12.8 Å². The summed E-state index contributed by atoms with van der Waals surface area (Å²) in [4.78, 5) is 30.6. The Morgan fingerprint density at radius 2 is 1.67 bits per heavy atom. The molecule has 0 rings (SSSR count). The monoisotopic (exact) mass is 325 g/mol. The van der Waals surface area contributed by atoms with Crippen LogP contribution in [-0.2, 0) is 19.1 Å². The highest BCUT2D eigenvalue weighted by Gasteiger charge is 2.13. The lowest BCUT2D eigenvalue weighted by molar-refractivity contribution is -0.155. The molecule has 8 N–H and O–H groups in total. The number of unbranched alkanes of at least 4 members (excludes halogenated alkanes) is 1. The molecular formula is C11H23N3O6S. The number of carbonyl (C=O) groups is 3. The lowest BCUT2D eigenvalue weighted by Gasteiger charge is -2.05. The van der Waals surface area contributed by atoms with Crippen molar-refractivity contribution in [2.75, 3.05) is 18.9 Å². The van der Waals surface area contributed by atoms with Crippen LogP contribution in [-0.4, -0.2) is 59.1 Å². The summed E-state index contributed by atoms with van der Waals surface area (Å²) in [5.74, 6) is -2.75. The molecule has 0 heterocycles. The summed E-state index contributed by atoms with van der Waals surface area (Å²) in [6.07, 6.45) is 2.16. The molecule has 0 aliphatic carbocycles. The molecule has 10 heteroatoms. The topological polar surface area (TPSA) is 179 Å². The number of thiol groups is 1. The summed E-state index contributed by atoms with van der Waals surface area (Å²) in [7, 11) is 0. The highest BCUT2D eigenvalue weighted by atomic mass is 32.1. The van der Waals surface area contributed by atoms with Gasteiger partial charge < -0.3 is 32.2 Å². The van der Waals surface area contributed by atoms with Crippen LogP contribution in [0.5, 0.6) is 0 Å². The minimum atomic E-state index is -1.20. The van der Waals surface area contributed by atoms with Gasteiger partial charge in [-0.25, -0.2) is 4.79 Å². The van der Waals surface area contributed by atoms with Gasteiger partial charge in [0.1, 0.15) is 12.1 Å². The zero-order valence-corrected chi connectivity index (χ0v) is 12.5. The van der Waals surface area contributed by atoms with Crippen molar-refractivity contribution in [3.63, 3.8) is 0 Å². The fourth-order valence-electron chi connectivity index (χ4n) is 0.947. The van der Waals surface area contributed by atoms with E-state index in [1.807, 2.05) is 0 Å². The zero-order valence-electron chi connectivity index (χ0n) is 11.6. The molecule has 0 amide bonds. The molecule has 0 radical (unpaired) electrons. The number of aliphatic carboxylic acids is 2. The molecule has 21 heavy (non-hydrogen) atoms. The van der Waals surface area contributed by atoms with E-state index in [1.54, 1.807) is 0 Å². The molecule has 0 aromatic carbocycles. The maximum Gasteiger partial charge on any atom is 0.341 e. The predicted octanol–water partition coefficient (Wildman–Crippen LogP) is -1.60. The summed E-state index contributed by atoms with van der Waals surface area (Å²) in [6, 6.07) is -1.57. The van der Waals surface area contributed by atoms with Crippen molar-refractivity contribution in [2.45, 2.75) is 31.3 Å². The smallest absolute Gasteiger partial charge is 0.341 e. The second-order valence-electron chi connectivity index (χ2n) is 4.02. The van der Waals surface area contributed by atoms with Gasteiger partial charge in [0.2, 0.25) is 0 Å². The van der Waals surface area contributed by atoms with Crippen LogP contribution in [0.25, 0.3) is 0 Å². The summed E-state index contributed by atoms with van der Waals surface area (Å²) in [5.41, 5.74) is 15.6. The first-order valence-corrected chi connectivity index (χ1v) is 6.82. The van der Waals surface area contributed by atoms with Gasteiger partial charge in [-0.3, -0.25) is 9.59 Å². The molecular weight excluding hydrogens is 302 g/mol. The van der Waals surface area contributed by atoms with E-state index >= 15 is 0 Å². The van der Waals surface area contributed by atoms with Crippen LogP contribution in [0.2, 0.25) is 0 Å². The maximum atomic E-state index is 10.6. The number of carboxylic acids is 2. The van der Waals surface area contributed by atoms with E-state index in [4.69, 9.17) is 27.4 Å². The quantitative estimate of drug-likeness (QED) is 0.165. The molecule has 0 aromatic heterocycles. The molecule has 0 aliphatic rings. The summed E-state index contributed by atoms with van der Waals surface area (Å²) in [6.45, 7) is -0.0490. The SMILES string of the molecule is NCCCC[C@H](N)C(=O)O.N[C@@H](CS)C(=O)OCC(=O)O. The van der Waals surface area contributed by atoms with Crippen LogP contribution in [0.3, 0.4) is 0 Å². The van der Waals surface area contributed by atoms with E-state index in [-0.39, 0.29) is 5.75 Å². The molecule has 0 fully saturated rings. The fourth-order valence-corrected chi connectivity index (χ4v) is 1.10. The summed E-state index contributed by atoms with van der Waals surface area (Å²) in [5, 5.41) is 16.4. The second kappa shape index (κ2) is 13.6. The van der Waals surface area contributed by atoms with Crippen molar-refractivity contribution in [1.82, 2.24) is 0 Å². The molecule has 0 unspecified atom stereocenters. The van der Waals surface area contributed by atoms with Crippen LogP contribution < -0.4 is 17.2 Å². The van der Waals surface area contributed by atoms with Gasteiger partial charge in [-0.2, -0.15) is 12.6 Å². The molecule has 0 bridgehead atoms. The average Bonchev–Trinajstić information content (AvgIpc) is 2.44. The van der Waals surface area contributed by atoms with Crippen LogP contribution in [0.15, 0.2) is 0 Å². The highest BCUT2D eigenvalue weighted by molar-refractivity contribution is 7.80. The van der Waals surface area contributed by atoms with Crippen LogP contribution in [0.1, 0.15) is 19.3 Å². The van der Waals surface area contributed by atoms with Crippen molar-refractivity contribution < 1.29 is 29.3 Å². The van der Waals surface area contributed by atoms with Crippen LogP contribution in [0.4, 0.5) is 0 Å². The van der Waals surface area contributed by atoms with E-state index in [0.29, 0.717) is 13.0 Å². The molecule has 0 saturated carbocycles. The third-order valence-corrected chi connectivity index (χ3v) is 2.52. The minimum Gasteiger partial charge on any atom is -0.480 e. The van der Waals surface area contributed by atoms with Gasteiger partial charge >= 0.3 is 17.9 Å². The molecule has 0 aliphatic heterocycles. The van der Waals surface area contributed by atoms with Gasteiger partial charge in [0.25, 0.3) is 0 Å². The number of nitrogens with two attached hydrogens (primary N) is 3. The van der Waals surface area contributed by atoms with Gasteiger partial charge in [-0.1, -0.05) is 6.42 Å². The number of ether oxygens (including phenoxy) is 1. The highest BCUT2D eigenvalue weighted by Crippen LogP contribution is 1.97. The van der Waals surface area contributed by atoms with Gasteiger partial charge in [-0.15, -0.1) is 0 Å². The molecule has 0 saturated heterocycles. The van der Waals surface area contributed by atoms with E-state index in [2.05, 4.69) is 17.4 Å². The van der Waals surface area contributed by atoms with Gasteiger partial charge in [0.05, 0.1) is 0 Å². The summed E-state index contributed by atoms with van der Waals surface area (Å²) < 4.78 is 4.24. The van der Waals surface area contributed by atoms with E-state index in [1.165, 1.54) is 0 Å². The van der Waals surface area contributed by atoms with Crippen molar-refractivity contribution in [3.05, 3.63) is 0 Å². The van der Waals surface area contributed by atoms with Crippen molar-refractivity contribution >= 4 is 30.5 Å². The minimum absolute atomic E-state index is 0.137. The van der Waals surface area contributed by atoms with E-state index in [9.17, 15) is 14.4 Å². The first-order chi connectivity index (χ1) is 9.76. The third-order valence-electron chi connectivity index (χ3n) is 2.12. The lowest BCUT2D eigenvalue weighted by atomic mass is 10.1. The zero-order chi connectivity index (χ0) is 16.8. The number of carbonyl (C=O) groups excluding carboxylic acids is 1. The molecule has 0 aromatic rings. The number of carboxylic acid groups (broad SMARTS) is 2. The average molecular weight is 325 g/mol. The third kappa shape index (κ3) is 14.9. The Morgan fingerprint density at radius 3 is 2.05 bits per heavy atom. The Hall–Kier alpha value is -1.36. The Morgan fingerprint density at radius 1 is 1.10 bits per heavy atom. The van der Waals surface area contributed by atoms with Gasteiger partial charge in [0, 0.05) is 5.75 Å². The normalized spacial score (nSPS) is 12.6. The second-order valence-corrected chi connectivity index (χ2v) is 4.38. The fraction of sp³-hybridized carbons (Fsp3) is 0.727. The molecule has 9 nitrogen and oxygen atoms in total. The molecule has 2 atom stereocenters. The van der Waals surface area contributed by atoms with Crippen LogP contribution in [0, 0.1) is 0 Å². The lowest BCUT2D eigenvalue weighted by Crippen LogP contribution is -2.34. The largest absolute Gasteiger partial charge is 0.480 e. The maximum absolute atomic E-state index is 10.6. The first-order valence-electron chi connectivity index (χ1n) is 6.19.